The van der Waals surface area contributed by atoms with Crippen LogP contribution < -0.4 is 5.32 Å². The fourth-order valence-electron chi connectivity index (χ4n) is 2.60. The molecule has 0 bridgehead atoms. The molecule has 2 aromatic heterocycles. The summed E-state index contributed by atoms with van der Waals surface area (Å²) in [7, 11) is 0. The first kappa shape index (κ1) is 19.4. The van der Waals surface area contributed by atoms with Crippen LogP contribution in [-0.2, 0) is 11.3 Å². The second-order valence-electron chi connectivity index (χ2n) is 5.98. The van der Waals surface area contributed by atoms with Gasteiger partial charge < -0.3 is 5.32 Å². The number of hydrogen-bond acceptors (Lipinski definition) is 3. The summed E-state index contributed by atoms with van der Waals surface area (Å²) in [6.07, 6.45) is -1.97. The van der Waals surface area contributed by atoms with Crippen LogP contribution in [0, 0.1) is 20.8 Å². The van der Waals surface area contributed by atoms with E-state index in [2.05, 4.69) is 15.5 Å². The first-order chi connectivity index (χ1) is 11.7. The topological polar surface area (TPSA) is 64.7 Å². The summed E-state index contributed by atoms with van der Waals surface area (Å²) in [6.45, 7) is 8.09. The Balaban J connectivity index is 1.86. The number of halogens is 3. The number of nitrogens with one attached hydrogen (secondary N) is 1. The van der Waals surface area contributed by atoms with Gasteiger partial charge in [-0.05, 0) is 40.2 Å². The molecule has 9 heteroatoms. The molecule has 1 unspecified atom stereocenters. The summed E-state index contributed by atoms with van der Waals surface area (Å²) in [5, 5.41) is 11.6. The Morgan fingerprint density at radius 1 is 1.32 bits per heavy atom. The summed E-state index contributed by atoms with van der Waals surface area (Å²) < 4.78 is 28.5. The molecule has 1 atom stereocenters. The van der Waals surface area contributed by atoms with E-state index in [0.717, 1.165) is 11.4 Å². The monoisotopic (exact) mass is 373 g/mol. The first-order valence-corrected chi connectivity index (χ1v) is 8.41. The van der Waals surface area contributed by atoms with Crippen molar-refractivity contribution in [1.29, 1.82) is 0 Å². The molecular formula is C16H22ClF2N5O. The van der Waals surface area contributed by atoms with Crippen LogP contribution in [0.15, 0.2) is 6.07 Å². The summed E-state index contributed by atoms with van der Waals surface area (Å²) in [5.41, 5.74) is 1.88. The van der Waals surface area contributed by atoms with Crippen LogP contribution in [0.1, 0.15) is 48.6 Å². The Hall–Kier alpha value is -1.96. The summed E-state index contributed by atoms with van der Waals surface area (Å²) in [6, 6.07) is 0.636. The van der Waals surface area contributed by atoms with E-state index < -0.39 is 12.5 Å². The lowest BCUT2D eigenvalue weighted by atomic mass is 10.3. The van der Waals surface area contributed by atoms with Crippen LogP contribution in [0.25, 0.3) is 0 Å². The smallest absolute Gasteiger partial charge is 0.282 e. The normalized spacial score (nSPS) is 12.6. The molecule has 0 aliphatic heterocycles. The van der Waals surface area contributed by atoms with E-state index in [1.807, 2.05) is 13.8 Å². The van der Waals surface area contributed by atoms with Gasteiger partial charge in [0, 0.05) is 18.8 Å². The highest BCUT2D eigenvalue weighted by Crippen LogP contribution is 2.21. The minimum atomic E-state index is -2.65. The highest BCUT2D eigenvalue weighted by atomic mass is 35.5. The van der Waals surface area contributed by atoms with E-state index in [-0.39, 0.29) is 11.6 Å². The van der Waals surface area contributed by atoms with Crippen molar-refractivity contribution in [3.05, 3.63) is 33.9 Å². The number of aromatic nitrogens is 4. The van der Waals surface area contributed by atoms with Gasteiger partial charge >= 0.3 is 0 Å². The lowest BCUT2D eigenvalue weighted by Crippen LogP contribution is -2.33. The second kappa shape index (κ2) is 7.95. The Bertz CT molecular complexity index is 756. The van der Waals surface area contributed by atoms with Crippen molar-refractivity contribution in [2.75, 3.05) is 6.54 Å². The molecule has 2 heterocycles. The van der Waals surface area contributed by atoms with Gasteiger partial charge in [-0.3, -0.25) is 14.2 Å². The molecule has 2 rings (SSSR count). The molecule has 0 radical (unpaired) electrons. The number of alkyl halides is 2. The maximum atomic E-state index is 12.7. The predicted molar refractivity (Wildman–Crippen MR) is 91.0 cm³/mol. The van der Waals surface area contributed by atoms with Gasteiger partial charge in [-0.1, -0.05) is 11.6 Å². The van der Waals surface area contributed by atoms with E-state index >= 15 is 0 Å². The van der Waals surface area contributed by atoms with Gasteiger partial charge in [-0.15, -0.1) is 0 Å². The Labute approximate surface area is 150 Å². The summed E-state index contributed by atoms with van der Waals surface area (Å²) in [5.74, 6) is -0.265. The van der Waals surface area contributed by atoms with Crippen LogP contribution in [0.3, 0.4) is 0 Å². The molecule has 0 saturated heterocycles. The number of amides is 1. The van der Waals surface area contributed by atoms with E-state index in [1.54, 1.807) is 18.5 Å². The van der Waals surface area contributed by atoms with Gasteiger partial charge in [0.25, 0.3) is 6.43 Å². The van der Waals surface area contributed by atoms with Gasteiger partial charge in [0.1, 0.15) is 11.7 Å². The van der Waals surface area contributed by atoms with Gasteiger partial charge in [0.15, 0.2) is 0 Å². The van der Waals surface area contributed by atoms with Crippen molar-refractivity contribution in [1.82, 2.24) is 24.9 Å². The van der Waals surface area contributed by atoms with Gasteiger partial charge in [0.05, 0.1) is 16.4 Å². The highest BCUT2D eigenvalue weighted by molar-refractivity contribution is 6.31. The molecule has 0 fully saturated rings. The number of nitrogens with zero attached hydrogens (tertiary/aromatic N) is 4. The average Bonchev–Trinajstić information content (AvgIpc) is 3.06. The standard InChI is InChI=1S/C16H22ClF2N5O/c1-9-8-13(15(18)19)22-24(9)12(4)16(25)20-6-5-7-23-11(3)14(17)10(2)21-23/h8,12,15H,5-7H2,1-4H3,(H,20,25). The van der Waals surface area contributed by atoms with Crippen molar-refractivity contribution in [2.45, 2.75) is 53.1 Å². The molecule has 1 N–H and O–H groups in total. The SMILES string of the molecule is Cc1nn(CCCNC(=O)C(C)n2nc(C(F)F)cc2C)c(C)c1Cl. The van der Waals surface area contributed by atoms with Crippen molar-refractivity contribution in [2.24, 2.45) is 0 Å². The van der Waals surface area contributed by atoms with Crippen molar-refractivity contribution in [3.8, 4) is 0 Å². The molecule has 0 aliphatic carbocycles. The fraction of sp³-hybridized carbons (Fsp3) is 0.562. The van der Waals surface area contributed by atoms with Gasteiger partial charge in [-0.25, -0.2) is 8.78 Å². The number of rotatable bonds is 7. The molecular weight excluding hydrogens is 352 g/mol. The van der Waals surface area contributed by atoms with Crippen LogP contribution in [0.4, 0.5) is 8.78 Å². The molecule has 2 aromatic rings. The van der Waals surface area contributed by atoms with Gasteiger partial charge in [0.2, 0.25) is 5.91 Å². The Kier molecular flexibility index (Phi) is 6.16. The third-order valence-electron chi connectivity index (χ3n) is 4.05. The predicted octanol–water partition coefficient (Wildman–Crippen LogP) is 3.36. The molecule has 1 amide bonds. The molecule has 0 saturated carbocycles. The maximum Gasteiger partial charge on any atom is 0.282 e. The van der Waals surface area contributed by atoms with E-state index in [1.165, 1.54) is 10.7 Å². The lowest BCUT2D eigenvalue weighted by molar-refractivity contribution is -0.124. The van der Waals surface area contributed by atoms with E-state index in [9.17, 15) is 13.6 Å². The molecule has 0 aromatic carbocycles. The zero-order valence-corrected chi connectivity index (χ0v) is 15.4. The molecule has 0 spiro atoms. The Morgan fingerprint density at radius 2 is 2.00 bits per heavy atom. The molecule has 6 nitrogen and oxygen atoms in total. The third-order valence-corrected chi connectivity index (χ3v) is 4.60. The minimum Gasteiger partial charge on any atom is -0.354 e. The van der Waals surface area contributed by atoms with Crippen LogP contribution in [0.2, 0.25) is 5.02 Å². The van der Waals surface area contributed by atoms with Crippen LogP contribution in [0.5, 0.6) is 0 Å². The lowest BCUT2D eigenvalue weighted by Gasteiger charge is -2.14. The van der Waals surface area contributed by atoms with Crippen LogP contribution in [-0.4, -0.2) is 32.0 Å². The van der Waals surface area contributed by atoms with Crippen molar-refractivity contribution in [3.63, 3.8) is 0 Å². The quantitative estimate of drug-likeness (QED) is 0.757. The largest absolute Gasteiger partial charge is 0.354 e. The second-order valence-corrected chi connectivity index (χ2v) is 6.36. The van der Waals surface area contributed by atoms with E-state index in [0.29, 0.717) is 30.2 Å². The molecule has 25 heavy (non-hydrogen) atoms. The zero-order valence-electron chi connectivity index (χ0n) is 14.7. The highest BCUT2D eigenvalue weighted by Gasteiger charge is 2.21. The number of carbonyl (C=O) groups excluding carboxylic acids is 1. The zero-order chi connectivity index (χ0) is 18.7. The molecule has 0 aliphatic rings. The van der Waals surface area contributed by atoms with Crippen LogP contribution >= 0.6 is 11.6 Å². The first-order valence-electron chi connectivity index (χ1n) is 8.03. The fourth-order valence-corrected chi connectivity index (χ4v) is 2.74. The molecule has 138 valence electrons. The number of hydrogen-bond donors (Lipinski definition) is 1. The van der Waals surface area contributed by atoms with Gasteiger partial charge in [-0.2, -0.15) is 10.2 Å². The average molecular weight is 374 g/mol. The Morgan fingerprint density at radius 3 is 2.52 bits per heavy atom. The summed E-state index contributed by atoms with van der Waals surface area (Å²) in [4.78, 5) is 12.2. The van der Waals surface area contributed by atoms with Crippen molar-refractivity contribution >= 4 is 17.5 Å². The third kappa shape index (κ3) is 4.36. The van der Waals surface area contributed by atoms with Crippen molar-refractivity contribution < 1.29 is 13.6 Å². The maximum absolute atomic E-state index is 12.7. The summed E-state index contributed by atoms with van der Waals surface area (Å²) >= 11 is 6.09. The number of aryl methyl sites for hydroxylation is 3. The van der Waals surface area contributed by atoms with E-state index in [4.69, 9.17) is 11.6 Å². The minimum absolute atomic E-state index is 0.265. The number of carbonyl (C=O) groups is 1.